The van der Waals surface area contributed by atoms with Gasteiger partial charge in [0.25, 0.3) is 5.91 Å². The van der Waals surface area contributed by atoms with E-state index < -0.39 is 0 Å². The number of hydrogen-bond donors (Lipinski definition) is 0. The highest BCUT2D eigenvalue weighted by Gasteiger charge is 2.22. The number of carbonyl (C=O) groups excluding carboxylic acids is 1. The monoisotopic (exact) mass is 267 g/mol. The Kier molecular flexibility index (Phi) is 3.25. The van der Waals surface area contributed by atoms with Crippen molar-refractivity contribution in [2.24, 2.45) is 5.18 Å². The van der Waals surface area contributed by atoms with Crippen LogP contribution >= 0.6 is 0 Å². The van der Waals surface area contributed by atoms with Crippen LogP contribution in [0.1, 0.15) is 21.6 Å². The van der Waals surface area contributed by atoms with Crippen molar-refractivity contribution in [3.8, 4) is 0 Å². The molecule has 1 aliphatic heterocycles. The fourth-order valence-corrected chi connectivity index (χ4v) is 2.40. The number of rotatable bonds is 2. The van der Waals surface area contributed by atoms with Crippen molar-refractivity contribution in [1.82, 2.24) is 9.88 Å². The molecule has 5 nitrogen and oxygen atoms in total. The van der Waals surface area contributed by atoms with Gasteiger partial charge in [-0.3, -0.25) is 9.78 Å². The molecule has 2 aromatic rings. The Hall–Kier alpha value is -2.56. The van der Waals surface area contributed by atoms with E-state index in [1.807, 2.05) is 18.2 Å². The van der Waals surface area contributed by atoms with Crippen LogP contribution in [0.15, 0.2) is 47.8 Å². The van der Waals surface area contributed by atoms with Crippen LogP contribution < -0.4 is 0 Å². The number of benzene rings is 1. The van der Waals surface area contributed by atoms with Gasteiger partial charge >= 0.3 is 0 Å². The van der Waals surface area contributed by atoms with Gasteiger partial charge in [0.2, 0.25) is 0 Å². The minimum atomic E-state index is 0.000662. The first-order valence-corrected chi connectivity index (χ1v) is 6.43. The topological polar surface area (TPSA) is 62.6 Å². The number of pyridine rings is 1. The number of carbonyl (C=O) groups is 1. The van der Waals surface area contributed by atoms with Crippen LogP contribution in [0.5, 0.6) is 0 Å². The average molecular weight is 267 g/mol. The third-order valence-corrected chi connectivity index (χ3v) is 3.44. The molecule has 1 aromatic heterocycles. The first-order valence-electron chi connectivity index (χ1n) is 6.43. The summed E-state index contributed by atoms with van der Waals surface area (Å²) in [4.78, 5) is 28.9. The Labute approximate surface area is 116 Å². The number of nitroso groups, excluding NO2 is 1. The van der Waals surface area contributed by atoms with Crippen molar-refractivity contribution in [2.75, 3.05) is 6.54 Å². The van der Waals surface area contributed by atoms with Crippen LogP contribution in [0.2, 0.25) is 0 Å². The van der Waals surface area contributed by atoms with E-state index >= 15 is 0 Å². The quantitative estimate of drug-likeness (QED) is 0.786. The van der Waals surface area contributed by atoms with Crippen molar-refractivity contribution in [3.63, 3.8) is 0 Å². The van der Waals surface area contributed by atoms with Crippen molar-refractivity contribution in [3.05, 3.63) is 64.3 Å². The molecule has 1 aliphatic rings. The fourth-order valence-electron chi connectivity index (χ4n) is 2.40. The van der Waals surface area contributed by atoms with E-state index in [1.165, 1.54) is 6.20 Å². The standard InChI is InChI=1S/C15H13N3O2/c19-15(11-4-2-1-3-5-11)18-7-6-14-12(10-18)8-13(17-20)9-16-14/h1-5,8-9H,6-7,10H2. The Bertz CT molecular complexity index is 655. The molecule has 0 saturated carbocycles. The summed E-state index contributed by atoms with van der Waals surface area (Å²) in [5.41, 5.74) is 2.82. The van der Waals surface area contributed by atoms with Gasteiger partial charge in [0.15, 0.2) is 0 Å². The van der Waals surface area contributed by atoms with Crippen LogP contribution in [-0.2, 0) is 13.0 Å². The SMILES string of the molecule is O=Nc1cnc2c(c1)CN(C(=O)c1ccccc1)CC2. The van der Waals surface area contributed by atoms with Gasteiger partial charge in [-0.1, -0.05) is 18.2 Å². The van der Waals surface area contributed by atoms with E-state index in [4.69, 9.17) is 0 Å². The molecule has 1 amide bonds. The van der Waals surface area contributed by atoms with Gasteiger partial charge in [-0.15, -0.1) is 4.91 Å². The van der Waals surface area contributed by atoms with Crippen LogP contribution in [0.25, 0.3) is 0 Å². The van der Waals surface area contributed by atoms with E-state index in [-0.39, 0.29) is 5.91 Å². The molecule has 0 radical (unpaired) electrons. The molecule has 0 N–H and O–H groups in total. The van der Waals surface area contributed by atoms with Crippen molar-refractivity contribution in [2.45, 2.75) is 13.0 Å². The van der Waals surface area contributed by atoms with Crippen molar-refractivity contribution >= 4 is 11.6 Å². The van der Waals surface area contributed by atoms with E-state index in [0.717, 1.165) is 11.3 Å². The number of amides is 1. The molecule has 0 unspecified atom stereocenters. The molecular formula is C15H13N3O2. The molecule has 3 rings (SSSR count). The van der Waals surface area contributed by atoms with E-state index in [1.54, 1.807) is 23.1 Å². The molecule has 0 atom stereocenters. The minimum absolute atomic E-state index is 0.000662. The molecule has 0 fully saturated rings. The predicted molar refractivity (Wildman–Crippen MR) is 74.6 cm³/mol. The van der Waals surface area contributed by atoms with Gasteiger partial charge in [-0.05, 0) is 28.9 Å². The molecule has 5 heteroatoms. The summed E-state index contributed by atoms with van der Waals surface area (Å²) in [7, 11) is 0. The summed E-state index contributed by atoms with van der Waals surface area (Å²) in [6.07, 6.45) is 2.17. The smallest absolute Gasteiger partial charge is 0.254 e. The first-order chi connectivity index (χ1) is 9.78. The molecule has 1 aromatic carbocycles. The zero-order chi connectivity index (χ0) is 13.9. The second-order valence-corrected chi connectivity index (χ2v) is 4.73. The largest absolute Gasteiger partial charge is 0.334 e. The first kappa shape index (κ1) is 12.5. The third-order valence-electron chi connectivity index (χ3n) is 3.44. The number of aromatic nitrogens is 1. The van der Waals surface area contributed by atoms with E-state index in [9.17, 15) is 9.70 Å². The van der Waals surface area contributed by atoms with Gasteiger partial charge in [-0.2, -0.15) is 0 Å². The molecule has 0 spiro atoms. The fraction of sp³-hybridized carbons (Fsp3) is 0.200. The molecule has 0 saturated heterocycles. The maximum atomic E-state index is 12.4. The zero-order valence-corrected chi connectivity index (χ0v) is 10.8. The second kappa shape index (κ2) is 5.21. The summed E-state index contributed by atoms with van der Waals surface area (Å²) in [6, 6.07) is 10.9. The van der Waals surface area contributed by atoms with Crippen LogP contribution in [0, 0.1) is 4.91 Å². The van der Waals surface area contributed by atoms with Gasteiger partial charge in [0.05, 0.1) is 6.20 Å². The Balaban J connectivity index is 1.84. The number of hydrogen-bond acceptors (Lipinski definition) is 4. The third kappa shape index (κ3) is 2.30. The van der Waals surface area contributed by atoms with Gasteiger partial charge in [0, 0.05) is 30.8 Å². The molecule has 2 heterocycles. The summed E-state index contributed by atoms with van der Waals surface area (Å²) >= 11 is 0. The lowest BCUT2D eigenvalue weighted by molar-refractivity contribution is 0.0733. The molecule has 0 aliphatic carbocycles. The highest BCUT2D eigenvalue weighted by atomic mass is 16.3. The summed E-state index contributed by atoms with van der Waals surface area (Å²) in [6.45, 7) is 1.11. The van der Waals surface area contributed by atoms with Crippen LogP contribution in [-0.4, -0.2) is 22.3 Å². The summed E-state index contributed by atoms with van der Waals surface area (Å²) < 4.78 is 0. The lowest BCUT2D eigenvalue weighted by Gasteiger charge is -2.28. The Morgan fingerprint density at radius 2 is 2.05 bits per heavy atom. The Morgan fingerprint density at radius 3 is 2.80 bits per heavy atom. The Morgan fingerprint density at radius 1 is 1.25 bits per heavy atom. The molecular weight excluding hydrogens is 254 g/mol. The van der Waals surface area contributed by atoms with Gasteiger partial charge < -0.3 is 4.90 Å². The number of fused-ring (bicyclic) bond motifs is 1. The summed E-state index contributed by atoms with van der Waals surface area (Å²) in [5, 5.41) is 2.89. The second-order valence-electron chi connectivity index (χ2n) is 4.73. The molecule has 20 heavy (non-hydrogen) atoms. The van der Waals surface area contributed by atoms with Crippen molar-refractivity contribution < 1.29 is 4.79 Å². The van der Waals surface area contributed by atoms with Gasteiger partial charge in [0.1, 0.15) is 5.69 Å². The van der Waals surface area contributed by atoms with Crippen LogP contribution in [0.3, 0.4) is 0 Å². The minimum Gasteiger partial charge on any atom is -0.334 e. The normalized spacial score (nSPS) is 13.7. The van der Waals surface area contributed by atoms with Crippen molar-refractivity contribution in [1.29, 1.82) is 0 Å². The van der Waals surface area contributed by atoms with Gasteiger partial charge in [-0.25, -0.2) is 0 Å². The number of nitrogens with zero attached hydrogens (tertiary/aromatic N) is 3. The average Bonchev–Trinajstić information content (AvgIpc) is 2.54. The highest BCUT2D eigenvalue weighted by molar-refractivity contribution is 5.94. The highest BCUT2D eigenvalue weighted by Crippen LogP contribution is 2.22. The summed E-state index contributed by atoms with van der Waals surface area (Å²) in [5.74, 6) is 0.000662. The lowest BCUT2D eigenvalue weighted by atomic mass is 10.0. The molecule has 100 valence electrons. The van der Waals surface area contributed by atoms with Crippen LogP contribution in [0.4, 0.5) is 5.69 Å². The zero-order valence-electron chi connectivity index (χ0n) is 10.8. The molecule has 0 bridgehead atoms. The van der Waals surface area contributed by atoms with E-state index in [2.05, 4.69) is 10.2 Å². The van der Waals surface area contributed by atoms with E-state index in [0.29, 0.717) is 30.8 Å². The maximum absolute atomic E-state index is 12.4. The predicted octanol–water partition coefficient (Wildman–Crippen LogP) is 2.68. The maximum Gasteiger partial charge on any atom is 0.254 e. The lowest BCUT2D eigenvalue weighted by Crippen LogP contribution is -2.36.